The Hall–Kier alpha value is -2.61. The standard InChI is InChI=1S/C16H21N7O/c1-11-4-19-14(8-18-11)15(24)20-5-12-2-3-23(9-12)10-13-6-21-16(17)22-7-13/h4,6-8,12H,2-3,5,9-10H2,1H3,(H,20,24)(H2,17,21,22). The van der Waals surface area contributed by atoms with Crippen LogP contribution in [-0.2, 0) is 6.54 Å². The van der Waals surface area contributed by atoms with Crippen molar-refractivity contribution in [2.75, 3.05) is 25.4 Å². The first-order valence-corrected chi connectivity index (χ1v) is 7.96. The predicted molar refractivity (Wildman–Crippen MR) is 88.9 cm³/mol. The Labute approximate surface area is 140 Å². The Morgan fingerprint density at radius 3 is 2.75 bits per heavy atom. The van der Waals surface area contributed by atoms with Crippen LogP contribution < -0.4 is 11.1 Å². The van der Waals surface area contributed by atoms with Crippen LogP contribution in [0.15, 0.2) is 24.8 Å². The van der Waals surface area contributed by atoms with E-state index in [1.165, 1.54) is 6.20 Å². The van der Waals surface area contributed by atoms with E-state index in [0.717, 1.165) is 37.3 Å². The van der Waals surface area contributed by atoms with Gasteiger partial charge in [-0.1, -0.05) is 0 Å². The van der Waals surface area contributed by atoms with E-state index < -0.39 is 0 Å². The van der Waals surface area contributed by atoms with Crippen LogP contribution in [0, 0.1) is 12.8 Å². The quantitative estimate of drug-likeness (QED) is 0.818. The van der Waals surface area contributed by atoms with E-state index in [9.17, 15) is 4.79 Å². The number of hydrogen-bond donors (Lipinski definition) is 2. The molecule has 0 spiro atoms. The summed E-state index contributed by atoms with van der Waals surface area (Å²) in [6.45, 7) is 5.21. The number of amides is 1. The molecule has 1 amide bonds. The second kappa shape index (κ2) is 7.31. The molecule has 1 fully saturated rings. The van der Waals surface area contributed by atoms with Crippen LogP contribution in [0.1, 0.15) is 28.2 Å². The highest BCUT2D eigenvalue weighted by atomic mass is 16.1. The summed E-state index contributed by atoms with van der Waals surface area (Å²) in [4.78, 5) is 30.6. The van der Waals surface area contributed by atoms with Gasteiger partial charge in [0.2, 0.25) is 5.95 Å². The maximum Gasteiger partial charge on any atom is 0.271 e. The first-order valence-electron chi connectivity index (χ1n) is 7.96. The number of aromatic nitrogens is 4. The third-order valence-corrected chi connectivity index (χ3v) is 4.07. The van der Waals surface area contributed by atoms with Crippen LogP contribution in [0.4, 0.5) is 5.95 Å². The van der Waals surface area contributed by atoms with Crippen molar-refractivity contribution < 1.29 is 4.79 Å². The molecule has 1 atom stereocenters. The summed E-state index contributed by atoms with van der Waals surface area (Å²) < 4.78 is 0. The zero-order valence-corrected chi connectivity index (χ0v) is 13.6. The molecule has 3 rings (SSSR count). The van der Waals surface area contributed by atoms with Gasteiger partial charge in [0, 0.05) is 43.8 Å². The second-order valence-corrected chi connectivity index (χ2v) is 6.09. The summed E-state index contributed by atoms with van der Waals surface area (Å²) in [6, 6.07) is 0. The van der Waals surface area contributed by atoms with Gasteiger partial charge in [-0.05, 0) is 25.8 Å². The first-order chi connectivity index (χ1) is 11.6. The first kappa shape index (κ1) is 16.3. The molecule has 2 aromatic heterocycles. The van der Waals surface area contributed by atoms with Crippen molar-refractivity contribution in [1.82, 2.24) is 30.2 Å². The highest BCUT2D eigenvalue weighted by Crippen LogP contribution is 2.17. The summed E-state index contributed by atoms with van der Waals surface area (Å²) in [5, 5.41) is 2.94. The van der Waals surface area contributed by atoms with Crippen molar-refractivity contribution in [2.24, 2.45) is 5.92 Å². The molecule has 8 nitrogen and oxygen atoms in total. The lowest BCUT2D eigenvalue weighted by atomic mass is 10.1. The van der Waals surface area contributed by atoms with E-state index in [2.05, 4.69) is 30.2 Å². The largest absolute Gasteiger partial charge is 0.368 e. The van der Waals surface area contributed by atoms with Crippen molar-refractivity contribution in [3.63, 3.8) is 0 Å². The molecule has 2 aromatic rings. The Bertz CT molecular complexity index is 687. The van der Waals surface area contributed by atoms with Crippen LogP contribution >= 0.6 is 0 Å². The maximum absolute atomic E-state index is 12.1. The number of likely N-dealkylation sites (tertiary alicyclic amines) is 1. The summed E-state index contributed by atoms with van der Waals surface area (Å²) >= 11 is 0. The van der Waals surface area contributed by atoms with Crippen molar-refractivity contribution >= 4 is 11.9 Å². The number of rotatable bonds is 5. The van der Waals surface area contributed by atoms with Crippen LogP contribution in [0.25, 0.3) is 0 Å². The monoisotopic (exact) mass is 327 g/mol. The van der Waals surface area contributed by atoms with Crippen LogP contribution in [-0.4, -0.2) is 50.4 Å². The van der Waals surface area contributed by atoms with Gasteiger partial charge in [-0.15, -0.1) is 0 Å². The van der Waals surface area contributed by atoms with E-state index in [4.69, 9.17) is 5.73 Å². The Balaban J connectivity index is 1.45. The summed E-state index contributed by atoms with van der Waals surface area (Å²) in [5.41, 5.74) is 7.69. The van der Waals surface area contributed by atoms with Gasteiger partial charge < -0.3 is 11.1 Å². The topological polar surface area (TPSA) is 110 Å². The predicted octanol–water partition coefficient (Wildman–Crippen LogP) is 0.409. The molecule has 8 heteroatoms. The van der Waals surface area contributed by atoms with Gasteiger partial charge in [-0.25, -0.2) is 15.0 Å². The number of carbonyl (C=O) groups excluding carboxylic acids is 1. The van der Waals surface area contributed by atoms with Crippen LogP contribution in [0.3, 0.4) is 0 Å². The zero-order chi connectivity index (χ0) is 16.9. The number of nitrogens with one attached hydrogen (secondary N) is 1. The van der Waals surface area contributed by atoms with Gasteiger partial charge in [0.15, 0.2) is 0 Å². The summed E-state index contributed by atoms with van der Waals surface area (Å²) in [5.74, 6) is 0.551. The molecule has 0 bridgehead atoms. The lowest BCUT2D eigenvalue weighted by Crippen LogP contribution is -2.31. The second-order valence-electron chi connectivity index (χ2n) is 6.09. The third kappa shape index (κ3) is 4.23. The maximum atomic E-state index is 12.1. The van der Waals surface area contributed by atoms with Gasteiger partial charge in [0.25, 0.3) is 5.91 Å². The molecule has 1 aliphatic rings. The number of carbonyl (C=O) groups is 1. The molecule has 1 aliphatic heterocycles. The molecule has 0 saturated carbocycles. The highest BCUT2D eigenvalue weighted by molar-refractivity contribution is 5.91. The minimum Gasteiger partial charge on any atom is -0.368 e. The van der Waals surface area contributed by atoms with Crippen molar-refractivity contribution in [3.8, 4) is 0 Å². The summed E-state index contributed by atoms with van der Waals surface area (Å²) in [6.07, 6.45) is 7.67. The van der Waals surface area contributed by atoms with E-state index in [-0.39, 0.29) is 5.91 Å². The molecular weight excluding hydrogens is 306 g/mol. The average Bonchev–Trinajstić information content (AvgIpc) is 3.03. The molecule has 24 heavy (non-hydrogen) atoms. The van der Waals surface area contributed by atoms with Gasteiger partial charge in [0.1, 0.15) is 5.69 Å². The molecule has 126 valence electrons. The van der Waals surface area contributed by atoms with Crippen molar-refractivity contribution in [3.05, 3.63) is 41.7 Å². The van der Waals surface area contributed by atoms with E-state index in [0.29, 0.717) is 24.1 Å². The number of aryl methyl sites for hydroxylation is 1. The molecule has 1 saturated heterocycles. The van der Waals surface area contributed by atoms with E-state index in [1.54, 1.807) is 18.6 Å². The Kier molecular flexibility index (Phi) is 4.95. The van der Waals surface area contributed by atoms with Gasteiger partial charge >= 0.3 is 0 Å². The lowest BCUT2D eigenvalue weighted by Gasteiger charge is -2.16. The van der Waals surface area contributed by atoms with Gasteiger partial charge in [-0.3, -0.25) is 14.7 Å². The SMILES string of the molecule is Cc1cnc(C(=O)NCC2CCN(Cc3cnc(N)nc3)C2)cn1. The Morgan fingerprint density at radius 1 is 1.25 bits per heavy atom. The normalized spacial score (nSPS) is 17.8. The lowest BCUT2D eigenvalue weighted by molar-refractivity contribution is 0.0942. The van der Waals surface area contributed by atoms with Crippen molar-refractivity contribution in [2.45, 2.75) is 19.9 Å². The van der Waals surface area contributed by atoms with Crippen molar-refractivity contribution in [1.29, 1.82) is 0 Å². The molecule has 0 radical (unpaired) electrons. The molecular formula is C16H21N7O. The fraction of sp³-hybridized carbons (Fsp3) is 0.438. The third-order valence-electron chi connectivity index (χ3n) is 4.07. The minimum atomic E-state index is -0.173. The molecule has 3 N–H and O–H groups in total. The fourth-order valence-corrected chi connectivity index (χ4v) is 2.77. The number of hydrogen-bond acceptors (Lipinski definition) is 7. The average molecular weight is 327 g/mol. The number of anilines is 1. The summed E-state index contributed by atoms with van der Waals surface area (Å²) in [7, 11) is 0. The number of nitrogen functional groups attached to an aromatic ring is 1. The van der Waals surface area contributed by atoms with E-state index in [1.807, 2.05) is 6.92 Å². The number of nitrogens with zero attached hydrogens (tertiary/aromatic N) is 5. The molecule has 1 unspecified atom stereocenters. The highest BCUT2D eigenvalue weighted by Gasteiger charge is 2.23. The van der Waals surface area contributed by atoms with E-state index >= 15 is 0 Å². The Morgan fingerprint density at radius 2 is 2.04 bits per heavy atom. The van der Waals surface area contributed by atoms with Gasteiger partial charge in [-0.2, -0.15) is 0 Å². The van der Waals surface area contributed by atoms with Crippen LogP contribution in [0.5, 0.6) is 0 Å². The van der Waals surface area contributed by atoms with Gasteiger partial charge in [0.05, 0.1) is 11.9 Å². The molecule has 0 aliphatic carbocycles. The minimum absolute atomic E-state index is 0.173. The fourth-order valence-electron chi connectivity index (χ4n) is 2.77. The smallest absolute Gasteiger partial charge is 0.271 e. The molecule has 0 aromatic carbocycles. The molecule has 3 heterocycles. The zero-order valence-electron chi connectivity index (χ0n) is 13.6. The number of nitrogens with two attached hydrogens (primary N) is 1. The van der Waals surface area contributed by atoms with Crippen LogP contribution in [0.2, 0.25) is 0 Å².